The van der Waals surface area contributed by atoms with Crippen LogP contribution in [0, 0.1) is 0 Å². The van der Waals surface area contributed by atoms with Gasteiger partial charge in [0, 0.05) is 23.0 Å². The monoisotopic (exact) mass is 267 g/mol. The molecule has 0 spiro atoms. The van der Waals surface area contributed by atoms with E-state index in [4.69, 9.17) is 21.1 Å². The molecule has 0 aromatic heterocycles. The first-order chi connectivity index (χ1) is 8.69. The molecule has 1 aromatic rings. The van der Waals surface area contributed by atoms with Gasteiger partial charge in [0.15, 0.2) is 11.5 Å². The van der Waals surface area contributed by atoms with Crippen molar-refractivity contribution in [3.05, 3.63) is 22.7 Å². The molecular formula is C14H18ClNO2. The van der Waals surface area contributed by atoms with Gasteiger partial charge in [-0.05, 0) is 37.9 Å². The highest BCUT2D eigenvalue weighted by Gasteiger charge is 2.33. The van der Waals surface area contributed by atoms with Gasteiger partial charge in [-0.25, -0.2) is 0 Å². The predicted molar refractivity (Wildman–Crippen MR) is 71.6 cm³/mol. The summed E-state index contributed by atoms with van der Waals surface area (Å²) in [6, 6.07) is 3.93. The molecule has 0 bridgehead atoms. The van der Waals surface area contributed by atoms with Gasteiger partial charge >= 0.3 is 0 Å². The Morgan fingerprint density at radius 2 is 1.89 bits per heavy atom. The topological polar surface area (TPSA) is 30.5 Å². The molecule has 1 fully saturated rings. The molecule has 2 aliphatic heterocycles. The Morgan fingerprint density at radius 3 is 2.56 bits per heavy atom. The average molecular weight is 268 g/mol. The summed E-state index contributed by atoms with van der Waals surface area (Å²) in [5, 5.41) is 4.29. The predicted octanol–water partition coefficient (Wildman–Crippen LogP) is 3.10. The van der Waals surface area contributed by atoms with Crippen LogP contribution < -0.4 is 14.8 Å². The van der Waals surface area contributed by atoms with E-state index in [-0.39, 0.29) is 5.54 Å². The van der Waals surface area contributed by atoms with Gasteiger partial charge < -0.3 is 14.8 Å². The van der Waals surface area contributed by atoms with Crippen LogP contribution in [0.4, 0.5) is 0 Å². The van der Waals surface area contributed by atoms with Gasteiger partial charge in [0.05, 0.1) is 13.2 Å². The lowest BCUT2D eigenvalue weighted by Crippen LogP contribution is -2.33. The second-order valence-electron chi connectivity index (χ2n) is 5.19. The third-order valence-electron chi connectivity index (χ3n) is 3.80. The summed E-state index contributed by atoms with van der Waals surface area (Å²) in [5.74, 6) is 1.59. The lowest BCUT2D eigenvalue weighted by Gasteiger charge is -2.27. The quantitative estimate of drug-likeness (QED) is 0.848. The van der Waals surface area contributed by atoms with Gasteiger partial charge in [-0.15, -0.1) is 0 Å². The van der Waals surface area contributed by atoms with E-state index in [1.165, 1.54) is 6.42 Å². The summed E-state index contributed by atoms with van der Waals surface area (Å²) < 4.78 is 11.4. The van der Waals surface area contributed by atoms with Gasteiger partial charge in [0.25, 0.3) is 0 Å². The van der Waals surface area contributed by atoms with E-state index >= 15 is 0 Å². The molecule has 3 rings (SSSR count). The summed E-state index contributed by atoms with van der Waals surface area (Å²) >= 11 is 6.41. The molecule has 0 saturated carbocycles. The number of fused-ring (bicyclic) bond motifs is 1. The van der Waals surface area contributed by atoms with Crippen LogP contribution in [0.15, 0.2) is 12.1 Å². The number of nitrogens with one attached hydrogen (secondary N) is 1. The van der Waals surface area contributed by atoms with Crippen LogP contribution in [0.25, 0.3) is 0 Å². The van der Waals surface area contributed by atoms with E-state index in [1.54, 1.807) is 0 Å². The molecule has 1 saturated heterocycles. The maximum absolute atomic E-state index is 6.41. The van der Waals surface area contributed by atoms with Crippen molar-refractivity contribution < 1.29 is 9.47 Å². The lowest BCUT2D eigenvalue weighted by molar-refractivity contribution is 0.296. The fourth-order valence-corrected chi connectivity index (χ4v) is 3.09. The van der Waals surface area contributed by atoms with Crippen LogP contribution in [-0.4, -0.2) is 19.8 Å². The molecule has 1 aromatic carbocycles. The normalized spacial score (nSPS) is 27.0. The molecule has 0 amide bonds. The second kappa shape index (κ2) is 4.63. The Bertz CT molecular complexity index is 455. The van der Waals surface area contributed by atoms with Gasteiger partial charge in [0.2, 0.25) is 0 Å². The number of benzene rings is 1. The Kier molecular flexibility index (Phi) is 3.12. The van der Waals surface area contributed by atoms with Gasteiger partial charge in [-0.1, -0.05) is 11.6 Å². The van der Waals surface area contributed by atoms with Crippen LogP contribution in [0.5, 0.6) is 11.5 Å². The van der Waals surface area contributed by atoms with E-state index in [9.17, 15) is 0 Å². The van der Waals surface area contributed by atoms with Crippen molar-refractivity contribution in [2.75, 3.05) is 19.8 Å². The Balaban J connectivity index is 2.02. The molecule has 1 unspecified atom stereocenters. The van der Waals surface area contributed by atoms with Gasteiger partial charge in [-0.3, -0.25) is 0 Å². The van der Waals surface area contributed by atoms with Crippen molar-refractivity contribution in [3.63, 3.8) is 0 Å². The summed E-state index contributed by atoms with van der Waals surface area (Å²) in [4.78, 5) is 0. The molecule has 2 heterocycles. The fraction of sp³-hybridized carbons (Fsp3) is 0.571. The van der Waals surface area contributed by atoms with E-state index < -0.39 is 0 Å². The van der Waals surface area contributed by atoms with Crippen LogP contribution >= 0.6 is 11.6 Å². The average Bonchev–Trinajstić information content (AvgIpc) is 2.66. The minimum atomic E-state index is -0.0399. The number of hydrogen-bond donors (Lipinski definition) is 1. The second-order valence-corrected chi connectivity index (χ2v) is 5.60. The highest BCUT2D eigenvalue weighted by molar-refractivity contribution is 6.31. The smallest absolute Gasteiger partial charge is 0.162 e. The molecular weight excluding hydrogens is 250 g/mol. The minimum Gasteiger partial charge on any atom is -0.490 e. The maximum atomic E-state index is 6.41. The van der Waals surface area contributed by atoms with Gasteiger partial charge in [0.1, 0.15) is 0 Å². The third kappa shape index (κ3) is 2.06. The molecule has 1 atom stereocenters. The third-order valence-corrected chi connectivity index (χ3v) is 4.11. The molecule has 98 valence electrons. The van der Waals surface area contributed by atoms with Crippen molar-refractivity contribution in [1.29, 1.82) is 0 Å². The zero-order valence-corrected chi connectivity index (χ0v) is 11.3. The van der Waals surface area contributed by atoms with E-state index in [1.807, 2.05) is 12.1 Å². The number of ether oxygens (including phenoxy) is 2. The summed E-state index contributed by atoms with van der Waals surface area (Å²) in [6.07, 6.45) is 3.20. The van der Waals surface area contributed by atoms with E-state index in [0.717, 1.165) is 41.5 Å². The SMILES string of the molecule is CC1(c2cc3c(cc2Cl)OCCCO3)CCCN1. The first-order valence-corrected chi connectivity index (χ1v) is 6.91. The molecule has 3 nitrogen and oxygen atoms in total. The van der Waals surface area contributed by atoms with Crippen molar-refractivity contribution >= 4 is 11.6 Å². The lowest BCUT2D eigenvalue weighted by atomic mass is 9.90. The van der Waals surface area contributed by atoms with Crippen LogP contribution in [0.3, 0.4) is 0 Å². The van der Waals surface area contributed by atoms with Crippen molar-refractivity contribution in [2.24, 2.45) is 0 Å². The summed E-state index contributed by atoms with van der Waals surface area (Å²) in [5.41, 5.74) is 1.08. The Morgan fingerprint density at radius 1 is 1.17 bits per heavy atom. The summed E-state index contributed by atoms with van der Waals surface area (Å²) in [6.45, 7) is 4.64. The molecule has 18 heavy (non-hydrogen) atoms. The first kappa shape index (κ1) is 12.1. The minimum absolute atomic E-state index is 0.0399. The Labute approximate surface area is 112 Å². The fourth-order valence-electron chi connectivity index (χ4n) is 2.73. The highest BCUT2D eigenvalue weighted by atomic mass is 35.5. The number of hydrogen-bond acceptors (Lipinski definition) is 3. The molecule has 1 N–H and O–H groups in total. The molecule has 4 heteroatoms. The van der Waals surface area contributed by atoms with E-state index in [0.29, 0.717) is 13.2 Å². The summed E-state index contributed by atoms with van der Waals surface area (Å²) in [7, 11) is 0. The largest absolute Gasteiger partial charge is 0.490 e. The van der Waals surface area contributed by atoms with Crippen LogP contribution in [0.2, 0.25) is 5.02 Å². The molecule has 0 radical (unpaired) electrons. The number of halogens is 1. The van der Waals surface area contributed by atoms with Crippen molar-refractivity contribution in [1.82, 2.24) is 5.32 Å². The standard InChI is InChI=1S/C14H18ClNO2/c1-14(4-2-5-16-14)10-8-12-13(9-11(10)15)18-7-3-6-17-12/h8-9,16H,2-7H2,1H3. The van der Waals surface area contributed by atoms with Crippen LogP contribution in [-0.2, 0) is 5.54 Å². The molecule has 2 aliphatic rings. The molecule has 0 aliphatic carbocycles. The van der Waals surface area contributed by atoms with Crippen molar-refractivity contribution in [2.45, 2.75) is 31.7 Å². The van der Waals surface area contributed by atoms with Crippen molar-refractivity contribution in [3.8, 4) is 11.5 Å². The zero-order chi connectivity index (χ0) is 12.6. The zero-order valence-electron chi connectivity index (χ0n) is 10.6. The highest BCUT2D eigenvalue weighted by Crippen LogP contribution is 2.41. The Hall–Kier alpha value is -0.930. The van der Waals surface area contributed by atoms with Crippen LogP contribution in [0.1, 0.15) is 31.7 Å². The maximum Gasteiger partial charge on any atom is 0.162 e. The van der Waals surface area contributed by atoms with Gasteiger partial charge in [-0.2, -0.15) is 0 Å². The first-order valence-electron chi connectivity index (χ1n) is 6.54. The van der Waals surface area contributed by atoms with E-state index in [2.05, 4.69) is 12.2 Å². The number of rotatable bonds is 1.